The van der Waals surface area contributed by atoms with Crippen LogP contribution >= 0.6 is 0 Å². The van der Waals surface area contributed by atoms with Gasteiger partial charge in [0.25, 0.3) is 5.91 Å². The van der Waals surface area contributed by atoms with Crippen molar-refractivity contribution in [2.75, 3.05) is 6.61 Å². The third kappa shape index (κ3) is 2.82. The molecule has 1 heterocycles. The van der Waals surface area contributed by atoms with Crippen molar-refractivity contribution in [3.63, 3.8) is 0 Å². The van der Waals surface area contributed by atoms with Gasteiger partial charge in [0.15, 0.2) is 0 Å². The molecule has 0 spiro atoms. The molecule has 0 saturated heterocycles. The standard InChI is InChI=1S/C18H16N2O2/c21-12-17(13-6-2-1-3-7-13)20-18(22)16-11-19-10-14-8-4-5-9-15(14)16/h1-11,17,21H,12H2,(H,20,22)/t17-/m1/s1. The average Bonchev–Trinajstić information content (AvgIpc) is 2.59. The van der Waals surface area contributed by atoms with Crippen molar-refractivity contribution in [3.05, 3.63) is 78.1 Å². The van der Waals surface area contributed by atoms with Crippen LogP contribution in [-0.2, 0) is 0 Å². The summed E-state index contributed by atoms with van der Waals surface area (Å²) in [5.74, 6) is -0.243. The molecule has 110 valence electrons. The molecule has 4 nitrogen and oxygen atoms in total. The molecule has 22 heavy (non-hydrogen) atoms. The molecule has 0 radical (unpaired) electrons. The Kier molecular flexibility index (Phi) is 4.12. The number of nitrogens with one attached hydrogen (secondary N) is 1. The van der Waals surface area contributed by atoms with E-state index in [9.17, 15) is 9.90 Å². The zero-order valence-electron chi connectivity index (χ0n) is 11.9. The molecule has 0 bridgehead atoms. The Balaban J connectivity index is 1.90. The summed E-state index contributed by atoms with van der Waals surface area (Å²) in [4.78, 5) is 16.7. The quantitative estimate of drug-likeness (QED) is 0.777. The van der Waals surface area contributed by atoms with Crippen LogP contribution in [0.2, 0.25) is 0 Å². The maximum atomic E-state index is 12.5. The molecule has 0 fully saturated rings. The molecule has 1 atom stereocenters. The molecule has 0 aliphatic carbocycles. The van der Waals surface area contributed by atoms with Crippen LogP contribution in [0.25, 0.3) is 10.8 Å². The van der Waals surface area contributed by atoms with Crippen molar-refractivity contribution < 1.29 is 9.90 Å². The number of hydrogen-bond acceptors (Lipinski definition) is 3. The summed E-state index contributed by atoms with van der Waals surface area (Å²) < 4.78 is 0. The highest BCUT2D eigenvalue weighted by Crippen LogP contribution is 2.18. The van der Waals surface area contributed by atoms with Crippen molar-refractivity contribution in [2.24, 2.45) is 0 Å². The summed E-state index contributed by atoms with van der Waals surface area (Å²) in [5.41, 5.74) is 1.37. The van der Waals surface area contributed by atoms with E-state index in [-0.39, 0.29) is 12.5 Å². The Labute approximate surface area is 128 Å². The number of carbonyl (C=O) groups excluding carboxylic acids is 1. The van der Waals surface area contributed by atoms with Gasteiger partial charge in [-0.3, -0.25) is 9.78 Å². The van der Waals surface area contributed by atoms with Crippen LogP contribution in [0.3, 0.4) is 0 Å². The summed E-state index contributed by atoms with van der Waals surface area (Å²) >= 11 is 0. The van der Waals surface area contributed by atoms with Gasteiger partial charge in [0, 0.05) is 17.8 Å². The van der Waals surface area contributed by atoms with Gasteiger partial charge < -0.3 is 10.4 Å². The van der Waals surface area contributed by atoms with Crippen LogP contribution in [0.5, 0.6) is 0 Å². The lowest BCUT2D eigenvalue weighted by Gasteiger charge is -2.17. The highest BCUT2D eigenvalue weighted by atomic mass is 16.3. The van der Waals surface area contributed by atoms with Gasteiger partial charge in [-0.05, 0) is 10.9 Å². The second kappa shape index (κ2) is 6.37. The van der Waals surface area contributed by atoms with Crippen LogP contribution in [0, 0.1) is 0 Å². The Hall–Kier alpha value is -2.72. The highest BCUT2D eigenvalue weighted by Gasteiger charge is 2.16. The predicted octanol–water partition coefficient (Wildman–Crippen LogP) is 2.70. The molecule has 3 aromatic rings. The van der Waals surface area contributed by atoms with Gasteiger partial charge in [-0.1, -0.05) is 54.6 Å². The fourth-order valence-electron chi connectivity index (χ4n) is 2.45. The maximum Gasteiger partial charge on any atom is 0.254 e. The third-order valence-corrected chi connectivity index (χ3v) is 3.60. The minimum absolute atomic E-state index is 0.159. The molecule has 0 aliphatic rings. The van der Waals surface area contributed by atoms with Crippen molar-refractivity contribution in [1.29, 1.82) is 0 Å². The maximum absolute atomic E-state index is 12.5. The van der Waals surface area contributed by atoms with E-state index in [2.05, 4.69) is 10.3 Å². The number of nitrogens with zero attached hydrogens (tertiary/aromatic N) is 1. The number of rotatable bonds is 4. The monoisotopic (exact) mass is 292 g/mol. The van der Waals surface area contributed by atoms with Crippen LogP contribution in [0.15, 0.2) is 67.0 Å². The first-order valence-corrected chi connectivity index (χ1v) is 7.09. The van der Waals surface area contributed by atoms with Gasteiger partial charge in [-0.2, -0.15) is 0 Å². The van der Waals surface area contributed by atoms with Gasteiger partial charge in [-0.25, -0.2) is 0 Å². The summed E-state index contributed by atoms with van der Waals surface area (Å²) in [7, 11) is 0. The molecular formula is C18H16N2O2. The number of pyridine rings is 1. The topological polar surface area (TPSA) is 62.2 Å². The number of aromatic nitrogens is 1. The van der Waals surface area contributed by atoms with E-state index >= 15 is 0 Å². The fraction of sp³-hybridized carbons (Fsp3) is 0.111. The fourth-order valence-corrected chi connectivity index (χ4v) is 2.45. The van der Waals surface area contributed by atoms with Crippen LogP contribution in [-0.4, -0.2) is 22.6 Å². The summed E-state index contributed by atoms with van der Waals surface area (Å²) in [6.45, 7) is -0.159. The second-order valence-corrected chi connectivity index (χ2v) is 5.03. The number of fused-ring (bicyclic) bond motifs is 1. The lowest BCUT2D eigenvalue weighted by molar-refractivity contribution is 0.0917. The first-order valence-electron chi connectivity index (χ1n) is 7.09. The number of aliphatic hydroxyl groups excluding tert-OH is 1. The molecule has 0 unspecified atom stereocenters. The van der Waals surface area contributed by atoms with Gasteiger partial charge in [0.05, 0.1) is 18.2 Å². The first-order chi connectivity index (χ1) is 10.8. The van der Waals surface area contributed by atoms with Crippen molar-refractivity contribution in [3.8, 4) is 0 Å². The molecule has 3 rings (SSSR count). The SMILES string of the molecule is O=C(N[C@H](CO)c1ccccc1)c1cncc2ccccc12. The lowest BCUT2D eigenvalue weighted by Crippen LogP contribution is -2.31. The normalized spacial score (nSPS) is 12.0. The summed E-state index contributed by atoms with van der Waals surface area (Å²) in [6, 6.07) is 16.6. The van der Waals surface area contributed by atoms with Gasteiger partial charge in [0.1, 0.15) is 0 Å². The minimum atomic E-state index is -0.437. The molecule has 4 heteroatoms. The number of benzene rings is 2. The van der Waals surface area contributed by atoms with E-state index in [1.807, 2.05) is 54.6 Å². The minimum Gasteiger partial charge on any atom is -0.394 e. The van der Waals surface area contributed by atoms with Gasteiger partial charge in [0.2, 0.25) is 0 Å². The number of carbonyl (C=O) groups is 1. The third-order valence-electron chi connectivity index (χ3n) is 3.60. The Bertz CT molecular complexity index is 782. The molecule has 2 N–H and O–H groups in total. The summed E-state index contributed by atoms with van der Waals surface area (Å²) in [5, 5.41) is 14.2. The number of hydrogen-bond donors (Lipinski definition) is 2. The van der Waals surface area contributed by atoms with Crippen molar-refractivity contribution >= 4 is 16.7 Å². The molecule has 0 aliphatic heterocycles. The molecular weight excluding hydrogens is 276 g/mol. The number of amides is 1. The van der Waals surface area contributed by atoms with E-state index in [0.29, 0.717) is 5.56 Å². The Morgan fingerprint density at radius 1 is 1.05 bits per heavy atom. The van der Waals surface area contributed by atoms with Gasteiger partial charge >= 0.3 is 0 Å². The molecule has 1 aromatic heterocycles. The second-order valence-electron chi connectivity index (χ2n) is 5.03. The average molecular weight is 292 g/mol. The summed E-state index contributed by atoms with van der Waals surface area (Å²) in [6.07, 6.45) is 3.28. The molecule has 2 aromatic carbocycles. The molecule has 1 amide bonds. The largest absolute Gasteiger partial charge is 0.394 e. The number of aliphatic hydroxyl groups is 1. The zero-order chi connectivity index (χ0) is 15.4. The van der Waals surface area contributed by atoms with E-state index in [4.69, 9.17) is 0 Å². The first kappa shape index (κ1) is 14.2. The Morgan fingerprint density at radius 3 is 2.55 bits per heavy atom. The van der Waals surface area contributed by atoms with Crippen LogP contribution in [0.4, 0.5) is 0 Å². The zero-order valence-corrected chi connectivity index (χ0v) is 11.9. The Morgan fingerprint density at radius 2 is 1.77 bits per heavy atom. The van der Waals surface area contributed by atoms with E-state index in [1.165, 1.54) is 0 Å². The smallest absolute Gasteiger partial charge is 0.254 e. The van der Waals surface area contributed by atoms with E-state index in [0.717, 1.165) is 16.3 Å². The van der Waals surface area contributed by atoms with E-state index < -0.39 is 6.04 Å². The highest BCUT2D eigenvalue weighted by molar-refractivity contribution is 6.06. The van der Waals surface area contributed by atoms with Crippen LogP contribution in [0.1, 0.15) is 22.0 Å². The predicted molar refractivity (Wildman–Crippen MR) is 85.5 cm³/mol. The molecule has 0 saturated carbocycles. The van der Waals surface area contributed by atoms with Gasteiger partial charge in [-0.15, -0.1) is 0 Å². The van der Waals surface area contributed by atoms with Crippen molar-refractivity contribution in [2.45, 2.75) is 6.04 Å². The van der Waals surface area contributed by atoms with Crippen molar-refractivity contribution in [1.82, 2.24) is 10.3 Å². The lowest BCUT2D eigenvalue weighted by atomic mass is 10.1. The van der Waals surface area contributed by atoms with E-state index in [1.54, 1.807) is 12.4 Å². The van der Waals surface area contributed by atoms with Crippen LogP contribution < -0.4 is 5.32 Å².